The van der Waals surface area contributed by atoms with Crippen LogP contribution in [0.4, 0.5) is 0 Å². The van der Waals surface area contributed by atoms with Gasteiger partial charge in [0.2, 0.25) is 0 Å². The minimum atomic E-state index is 0.458. The van der Waals surface area contributed by atoms with Crippen LogP contribution in [-0.2, 0) is 0 Å². The Bertz CT molecular complexity index is 98.7. The molecular formula is C8H17N. The molecule has 0 unspecified atom stereocenters. The van der Waals surface area contributed by atoms with Gasteiger partial charge in [0.25, 0.3) is 0 Å². The van der Waals surface area contributed by atoms with Crippen molar-refractivity contribution in [3.8, 4) is 0 Å². The monoisotopic (exact) mass is 127 g/mol. The molecule has 9 heavy (non-hydrogen) atoms. The van der Waals surface area contributed by atoms with Crippen LogP contribution < -0.4 is 5.73 Å². The Morgan fingerprint density at radius 2 is 1.89 bits per heavy atom. The summed E-state index contributed by atoms with van der Waals surface area (Å²) < 4.78 is 0. The van der Waals surface area contributed by atoms with Gasteiger partial charge in [-0.2, -0.15) is 0 Å². The van der Waals surface area contributed by atoms with Gasteiger partial charge in [-0.25, -0.2) is 0 Å². The molecule has 0 spiro atoms. The lowest BCUT2D eigenvalue weighted by atomic mass is 10.00. The van der Waals surface area contributed by atoms with Crippen LogP contribution in [0.15, 0.2) is 0 Å². The molecule has 1 saturated carbocycles. The van der Waals surface area contributed by atoms with Crippen molar-refractivity contribution >= 4 is 0 Å². The van der Waals surface area contributed by atoms with Gasteiger partial charge in [-0.3, -0.25) is 0 Å². The molecular weight excluding hydrogens is 110 g/mol. The molecule has 0 radical (unpaired) electrons. The van der Waals surface area contributed by atoms with E-state index in [4.69, 9.17) is 5.73 Å². The summed E-state index contributed by atoms with van der Waals surface area (Å²) >= 11 is 0. The second kappa shape index (κ2) is 2.30. The van der Waals surface area contributed by atoms with Crippen molar-refractivity contribution in [2.24, 2.45) is 23.5 Å². The second-order valence-corrected chi connectivity index (χ2v) is 3.70. The fraction of sp³-hybridized carbons (Fsp3) is 1.00. The second-order valence-electron chi connectivity index (χ2n) is 3.70. The number of nitrogens with two attached hydrogens (primary N) is 1. The predicted molar refractivity (Wildman–Crippen MR) is 40.1 cm³/mol. The quantitative estimate of drug-likeness (QED) is 0.599. The number of rotatable bonds is 2. The van der Waals surface area contributed by atoms with Crippen LogP contribution in [-0.4, -0.2) is 6.04 Å². The third-order valence-corrected chi connectivity index (χ3v) is 2.44. The minimum absolute atomic E-state index is 0.458. The van der Waals surface area contributed by atoms with Crippen molar-refractivity contribution < 1.29 is 0 Å². The van der Waals surface area contributed by atoms with E-state index in [2.05, 4.69) is 20.8 Å². The Balaban J connectivity index is 2.27. The molecule has 0 aromatic heterocycles. The van der Waals surface area contributed by atoms with Gasteiger partial charge in [0, 0.05) is 6.04 Å². The maximum Gasteiger partial charge on any atom is 0.00930 e. The average Bonchev–Trinajstić information content (AvgIpc) is 2.44. The number of hydrogen-bond donors (Lipinski definition) is 1. The SMILES string of the molecule is CC(C)[C@H](N)[C@H]1C[C@@H]1C. The van der Waals surface area contributed by atoms with E-state index in [0.717, 1.165) is 11.8 Å². The van der Waals surface area contributed by atoms with Crippen molar-refractivity contribution in [3.05, 3.63) is 0 Å². The largest absolute Gasteiger partial charge is 0.327 e. The number of hydrogen-bond acceptors (Lipinski definition) is 1. The van der Waals surface area contributed by atoms with Crippen LogP contribution in [0.2, 0.25) is 0 Å². The average molecular weight is 127 g/mol. The van der Waals surface area contributed by atoms with Crippen LogP contribution in [0, 0.1) is 17.8 Å². The Morgan fingerprint density at radius 1 is 1.44 bits per heavy atom. The van der Waals surface area contributed by atoms with E-state index >= 15 is 0 Å². The summed E-state index contributed by atoms with van der Waals surface area (Å²) in [7, 11) is 0. The first-order valence-electron chi connectivity index (χ1n) is 3.88. The molecule has 1 nitrogen and oxygen atoms in total. The topological polar surface area (TPSA) is 26.0 Å². The van der Waals surface area contributed by atoms with Crippen LogP contribution >= 0.6 is 0 Å². The van der Waals surface area contributed by atoms with Crippen LogP contribution in [0.3, 0.4) is 0 Å². The molecule has 1 aliphatic rings. The van der Waals surface area contributed by atoms with Gasteiger partial charge in [-0.15, -0.1) is 0 Å². The molecule has 1 heteroatoms. The van der Waals surface area contributed by atoms with Crippen LogP contribution in [0.1, 0.15) is 27.2 Å². The summed E-state index contributed by atoms with van der Waals surface area (Å²) in [6.45, 7) is 6.69. The van der Waals surface area contributed by atoms with Gasteiger partial charge in [0.15, 0.2) is 0 Å². The third-order valence-electron chi connectivity index (χ3n) is 2.44. The first-order valence-corrected chi connectivity index (χ1v) is 3.88. The molecule has 1 aliphatic carbocycles. The Labute approximate surface area is 57.6 Å². The Hall–Kier alpha value is -0.0400. The normalized spacial score (nSPS) is 37.0. The van der Waals surface area contributed by atoms with Gasteiger partial charge in [-0.1, -0.05) is 20.8 Å². The Morgan fingerprint density at radius 3 is 2.00 bits per heavy atom. The highest BCUT2D eigenvalue weighted by atomic mass is 14.7. The van der Waals surface area contributed by atoms with Crippen molar-refractivity contribution in [2.45, 2.75) is 33.2 Å². The van der Waals surface area contributed by atoms with Gasteiger partial charge in [-0.05, 0) is 24.2 Å². The third kappa shape index (κ3) is 1.45. The highest BCUT2D eigenvalue weighted by Crippen LogP contribution is 2.41. The molecule has 54 valence electrons. The molecule has 0 heterocycles. The lowest BCUT2D eigenvalue weighted by molar-refractivity contribution is 0.431. The zero-order valence-corrected chi connectivity index (χ0v) is 6.59. The fourth-order valence-corrected chi connectivity index (χ4v) is 1.38. The fourth-order valence-electron chi connectivity index (χ4n) is 1.38. The maximum atomic E-state index is 5.91. The van der Waals surface area contributed by atoms with Crippen LogP contribution in [0.5, 0.6) is 0 Å². The summed E-state index contributed by atoms with van der Waals surface area (Å²) in [6.07, 6.45) is 1.36. The van der Waals surface area contributed by atoms with Crippen molar-refractivity contribution in [1.29, 1.82) is 0 Å². The molecule has 0 bridgehead atoms. The molecule has 0 saturated heterocycles. The lowest BCUT2D eigenvalue weighted by Gasteiger charge is -2.14. The van der Waals surface area contributed by atoms with Gasteiger partial charge in [0.05, 0.1) is 0 Å². The molecule has 0 amide bonds. The zero-order chi connectivity index (χ0) is 7.02. The van der Waals surface area contributed by atoms with Crippen molar-refractivity contribution in [2.75, 3.05) is 0 Å². The highest BCUT2D eigenvalue weighted by molar-refractivity contribution is 4.91. The molecule has 3 atom stereocenters. The standard InChI is InChI=1S/C8H17N/c1-5(2)8(9)7-4-6(7)3/h5-8H,4,9H2,1-3H3/t6-,7-,8-/m0/s1. The van der Waals surface area contributed by atoms with E-state index in [1.165, 1.54) is 6.42 Å². The van der Waals surface area contributed by atoms with E-state index < -0.39 is 0 Å². The molecule has 0 aliphatic heterocycles. The summed E-state index contributed by atoms with van der Waals surface area (Å²) in [5, 5.41) is 0. The smallest absolute Gasteiger partial charge is 0.00930 e. The molecule has 1 fully saturated rings. The van der Waals surface area contributed by atoms with E-state index in [0.29, 0.717) is 12.0 Å². The Kier molecular flexibility index (Phi) is 1.80. The first kappa shape index (κ1) is 7.07. The molecule has 0 aromatic carbocycles. The molecule has 1 rings (SSSR count). The summed E-state index contributed by atoms with van der Waals surface area (Å²) in [5.41, 5.74) is 5.91. The van der Waals surface area contributed by atoms with E-state index in [9.17, 15) is 0 Å². The minimum Gasteiger partial charge on any atom is -0.327 e. The molecule has 0 aromatic rings. The van der Waals surface area contributed by atoms with Gasteiger partial charge >= 0.3 is 0 Å². The summed E-state index contributed by atoms with van der Waals surface area (Å²) in [5.74, 6) is 2.41. The van der Waals surface area contributed by atoms with E-state index in [1.807, 2.05) is 0 Å². The maximum absolute atomic E-state index is 5.91. The van der Waals surface area contributed by atoms with Crippen molar-refractivity contribution in [3.63, 3.8) is 0 Å². The zero-order valence-electron chi connectivity index (χ0n) is 6.59. The van der Waals surface area contributed by atoms with E-state index in [1.54, 1.807) is 0 Å². The van der Waals surface area contributed by atoms with Crippen molar-refractivity contribution in [1.82, 2.24) is 0 Å². The first-order chi connectivity index (χ1) is 4.13. The predicted octanol–water partition coefficient (Wildman–Crippen LogP) is 1.63. The summed E-state index contributed by atoms with van der Waals surface area (Å²) in [6, 6.07) is 0.458. The van der Waals surface area contributed by atoms with E-state index in [-0.39, 0.29) is 0 Å². The lowest BCUT2D eigenvalue weighted by Crippen LogP contribution is -2.29. The van der Waals surface area contributed by atoms with Crippen LogP contribution in [0.25, 0.3) is 0 Å². The van der Waals surface area contributed by atoms with Gasteiger partial charge in [0.1, 0.15) is 0 Å². The highest BCUT2D eigenvalue weighted by Gasteiger charge is 2.38. The summed E-state index contributed by atoms with van der Waals surface area (Å²) in [4.78, 5) is 0. The van der Waals surface area contributed by atoms with Gasteiger partial charge < -0.3 is 5.73 Å². The molecule has 2 N–H and O–H groups in total.